The summed E-state index contributed by atoms with van der Waals surface area (Å²) in [5.41, 5.74) is 5.90. The van der Waals surface area contributed by atoms with Gasteiger partial charge in [-0.3, -0.25) is 0 Å². The van der Waals surface area contributed by atoms with Crippen LogP contribution in [0.1, 0.15) is 35.1 Å². The van der Waals surface area contributed by atoms with Gasteiger partial charge in [0.1, 0.15) is 0 Å². The minimum Gasteiger partial charge on any atom is -0.214 e. The molecule has 0 amide bonds. The summed E-state index contributed by atoms with van der Waals surface area (Å²) in [6, 6.07) is 37.9. The Morgan fingerprint density at radius 1 is 0.643 bits per heavy atom. The molecule has 4 aromatic rings. The number of rotatable bonds is 2. The van der Waals surface area contributed by atoms with Crippen LogP contribution in [0.2, 0.25) is 0 Å². The Morgan fingerprint density at radius 3 is 1.71 bits per heavy atom. The molecule has 0 aromatic heterocycles. The van der Waals surface area contributed by atoms with Gasteiger partial charge in [-0.1, -0.05) is 25.7 Å². The molecule has 0 nitrogen and oxygen atoms in total. The minimum atomic E-state index is 1.08. The van der Waals surface area contributed by atoms with Crippen molar-refractivity contribution in [2.75, 3.05) is 0 Å². The monoisotopic (exact) mass is 530 g/mol. The number of fused-ring (bicyclic) bond motifs is 1. The first-order chi connectivity index (χ1) is 13.8. The van der Waals surface area contributed by atoms with Crippen LogP contribution in [0.3, 0.4) is 0 Å². The molecule has 0 unspecified atom stereocenters. The van der Waals surface area contributed by atoms with Gasteiger partial charge in [0.05, 0.1) is 0 Å². The maximum absolute atomic E-state index is 2.26. The summed E-state index contributed by atoms with van der Waals surface area (Å²) >= 11 is 1.08. The molecule has 0 aliphatic heterocycles. The Bertz CT molecular complexity index is 836. The summed E-state index contributed by atoms with van der Waals surface area (Å²) in [7, 11) is 0. The largest absolute Gasteiger partial charge is 0.214 e. The van der Waals surface area contributed by atoms with E-state index in [1.165, 1.54) is 40.1 Å². The summed E-state index contributed by atoms with van der Waals surface area (Å²) in [6.45, 7) is 0. The van der Waals surface area contributed by atoms with Crippen molar-refractivity contribution < 1.29 is 23.9 Å². The Labute approximate surface area is 183 Å². The first-order valence-electron chi connectivity index (χ1n) is 9.94. The molecule has 0 atom stereocenters. The average molecular weight is 529 g/mol. The van der Waals surface area contributed by atoms with Gasteiger partial charge in [-0.2, -0.15) is 41.5 Å². The quantitative estimate of drug-likeness (QED) is 0.206. The molecular weight excluding hydrogens is 503 g/mol. The predicted octanol–water partition coefficient (Wildman–Crippen LogP) is 6.49. The Hall–Kier alpha value is -2.12. The molecule has 4 aromatic carbocycles. The van der Waals surface area contributed by atoms with E-state index >= 15 is 0 Å². The number of hydrogen-bond donors (Lipinski definition) is 0. The molecule has 0 bridgehead atoms. The number of benzene rings is 2. The summed E-state index contributed by atoms with van der Waals surface area (Å²) in [5, 5.41) is 0. The third kappa shape index (κ3) is 6.49. The van der Waals surface area contributed by atoms with Crippen LogP contribution in [0.15, 0.2) is 109 Å². The second-order valence-electron chi connectivity index (χ2n) is 6.85. The first kappa shape index (κ1) is 20.6. The van der Waals surface area contributed by atoms with Crippen LogP contribution in [-0.2, 0) is 36.7 Å². The topological polar surface area (TPSA) is 0 Å². The van der Waals surface area contributed by atoms with Crippen molar-refractivity contribution in [3.8, 4) is 0 Å². The number of aryl methyl sites for hydroxylation is 2. The van der Waals surface area contributed by atoms with Crippen LogP contribution < -0.4 is 0 Å². The average Bonchev–Trinajstić information content (AvgIpc) is 3.50. The number of hydrogen-bond acceptors (Lipinski definition) is 0. The van der Waals surface area contributed by atoms with Crippen LogP contribution in [-0.4, -0.2) is 3.26 Å². The van der Waals surface area contributed by atoms with Crippen molar-refractivity contribution >= 4 is 3.26 Å². The third-order valence-electron chi connectivity index (χ3n) is 4.83. The maximum Gasteiger partial charge on any atom is -0.0512 e. The fourth-order valence-corrected chi connectivity index (χ4v) is 4.51. The SMILES string of the molecule is [Hf+2]=[C](c1ccccc1)c1ccccc1.c1cc2c([cH-]1)CCCC2.c1cc[cH-]c1. The van der Waals surface area contributed by atoms with E-state index in [1.807, 2.05) is 30.3 Å². The van der Waals surface area contributed by atoms with Crippen LogP contribution >= 0.6 is 0 Å². The van der Waals surface area contributed by atoms with Gasteiger partial charge in [-0.25, -0.2) is 18.2 Å². The smallest absolute Gasteiger partial charge is 0.0512 e. The zero-order chi connectivity index (χ0) is 19.4. The van der Waals surface area contributed by atoms with Crippen molar-refractivity contribution in [1.82, 2.24) is 0 Å². The van der Waals surface area contributed by atoms with Crippen LogP contribution in [0.25, 0.3) is 0 Å². The van der Waals surface area contributed by atoms with Gasteiger partial charge in [0.2, 0.25) is 0 Å². The molecule has 0 saturated heterocycles. The fourth-order valence-electron chi connectivity index (χ4n) is 3.31. The summed E-state index contributed by atoms with van der Waals surface area (Å²) in [6.07, 6.45) is 5.44. The van der Waals surface area contributed by atoms with E-state index in [1.54, 1.807) is 11.1 Å². The van der Waals surface area contributed by atoms with Gasteiger partial charge in [0.25, 0.3) is 0 Å². The molecule has 1 heteroatoms. The zero-order valence-electron chi connectivity index (χ0n) is 16.2. The second kappa shape index (κ2) is 11.7. The molecule has 1 aliphatic carbocycles. The van der Waals surface area contributed by atoms with Crippen LogP contribution in [0.4, 0.5) is 0 Å². The van der Waals surface area contributed by atoms with E-state index in [-0.39, 0.29) is 0 Å². The second-order valence-corrected chi connectivity index (χ2v) is 8.65. The van der Waals surface area contributed by atoms with Gasteiger partial charge in [-0.15, -0.1) is 0 Å². The van der Waals surface area contributed by atoms with Gasteiger partial charge >= 0.3 is 98.9 Å². The van der Waals surface area contributed by atoms with Crippen molar-refractivity contribution in [3.63, 3.8) is 0 Å². The Morgan fingerprint density at radius 2 is 1.21 bits per heavy atom. The molecule has 1 aliphatic rings. The summed E-state index contributed by atoms with van der Waals surface area (Å²) < 4.78 is 1.46. The molecule has 0 spiro atoms. The normalized spacial score (nSPS) is 11.9. The van der Waals surface area contributed by atoms with Crippen molar-refractivity contribution in [3.05, 3.63) is 131 Å². The fraction of sp³-hybridized carbons (Fsp3) is 0.148. The molecule has 0 N–H and O–H groups in total. The summed E-state index contributed by atoms with van der Waals surface area (Å²) in [4.78, 5) is 0. The molecule has 28 heavy (non-hydrogen) atoms. The van der Waals surface area contributed by atoms with Crippen molar-refractivity contribution in [2.45, 2.75) is 25.7 Å². The third-order valence-corrected chi connectivity index (χ3v) is 6.90. The summed E-state index contributed by atoms with van der Waals surface area (Å²) in [5.74, 6) is 0. The standard InChI is InChI=1S/C13H10.C9H11.C5H5.Hf/c1-3-7-12(8-4-1)11-13-9-5-2-6-10-13;1-2-5-9-7-3-6-8(9)4-1;1-2-4-5-3-1;/h1-10H;3,6-7H,1-2,4-5H2;1-5H;/q;2*-1;+2. The maximum atomic E-state index is 2.26. The minimum absolute atomic E-state index is 1.08. The van der Waals surface area contributed by atoms with Gasteiger partial charge in [0.15, 0.2) is 0 Å². The van der Waals surface area contributed by atoms with Crippen molar-refractivity contribution in [1.29, 1.82) is 0 Å². The van der Waals surface area contributed by atoms with Crippen LogP contribution in [0, 0.1) is 0 Å². The van der Waals surface area contributed by atoms with E-state index in [2.05, 4.69) is 78.9 Å². The first-order valence-corrected chi connectivity index (χ1v) is 11.7. The van der Waals surface area contributed by atoms with E-state index in [0.29, 0.717) is 0 Å². The van der Waals surface area contributed by atoms with Gasteiger partial charge < -0.3 is 0 Å². The van der Waals surface area contributed by atoms with E-state index in [0.717, 1.165) is 23.9 Å². The Kier molecular flexibility index (Phi) is 8.58. The van der Waals surface area contributed by atoms with Gasteiger partial charge in [0, 0.05) is 0 Å². The molecular formula is C27H26Hf. The molecule has 0 heterocycles. The van der Waals surface area contributed by atoms with Crippen LogP contribution in [0.5, 0.6) is 0 Å². The van der Waals surface area contributed by atoms with Gasteiger partial charge in [-0.05, 0) is 0 Å². The molecule has 5 rings (SSSR count). The molecule has 0 saturated carbocycles. The molecule has 138 valence electrons. The zero-order valence-corrected chi connectivity index (χ0v) is 19.8. The molecule has 0 fully saturated rings. The van der Waals surface area contributed by atoms with E-state index < -0.39 is 0 Å². The Balaban J connectivity index is 0.000000136. The predicted molar refractivity (Wildman–Crippen MR) is 117 cm³/mol. The molecule has 0 radical (unpaired) electrons. The van der Waals surface area contributed by atoms with E-state index in [9.17, 15) is 0 Å². The van der Waals surface area contributed by atoms with E-state index in [4.69, 9.17) is 0 Å². The van der Waals surface area contributed by atoms with Crippen molar-refractivity contribution in [2.24, 2.45) is 0 Å².